The van der Waals surface area contributed by atoms with E-state index < -0.39 is 59.0 Å². The van der Waals surface area contributed by atoms with Crippen molar-refractivity contribution in [3.05, 3.63) is 71.8 Å². The topological polar surface area (TPSA) is 111 Å². The number of nitrogens with one attached hydrogen (secondary N) is 1. The summed E-state index contributed by atoms with van der Waals surface area (Å²) in [5.41, 5.74) is 0.486. The molecule has 0 aromatic heterocycles. The number of hydrogen-bond donors (Lipinski definition) is 1. The van der Waals surface area contributed by atoms with Gasteiger partial charge < -0.3 is 14.2 Å². The predicted molar refractivity (Wildman–Crippen MR) is 124 cm³/mol. The quantitative estimate of drug-likeness (QED) is 0.317. The molecule has 1 unspecified atom stereocenters. The van der Waals surface area contributed by atoms with Gasteiger partial charge in [0.2, 0.25) is 5.91 Å². The zero-order valence-electron chi connectivity index (χ0n) is 17.6. The molecule has 9 nitrogen and oxygen atoms in total. The molecular weight excluding hydrogens is 562 g/mol. The molecule has 0 spiro atoms. The largest absolute Gasteiger partial charge is 0.459 e. The highest BCUT2D eigenvalue weighted by molar-refractivity contribution is 14.1. The molecule has 3 amide bonds. The smallest absolute Gasteiger partial charge is 0.338 e. The van der Waals surface area contributed by atoms with Gasteiger partial charge in [0.05, 0.1) is 11.1 Å². The second kappa shape index (κ2) is 10.5. The van der Waals surface area contributed by atoms with Crippen LogP contribution in [-0.2, 0) is 19.0 Å². The number of halogens is 2. The zero-order valence-corrected chi connectivity index (χ0v) is 19.8. The zero-order chi connectivity index (χ0) is 24.2. The van der Waals surface area contributed by atoms with Crippen LogP contribution in [0.25, 0.3) is 0 Å². The SMILES string of the molecule is O=C(OC[C@H]1O[C@@H](N2CC(I)C(=O)NC2=O)[C@@H](F)[C@@H]1OC(=O)c1ccccc1)c1ccccc1. The molecule has 2 aromatic rings. The van der Waals surface area contributed by atoms with Gasteiger partial charge in [-0.2, -0.15) is 0 Å². The van der Waals surface area contributed by atoms with Gasteiger partial charge in [-0.1, -0.05) is 59.0 Å². The van der Waals surface area contributed by atoms with Gasteiger partial charge in [-0.25, -0.2) is 18.8 Å². The van der Waals surface area contributed by atoms with E-state index >= 15 is 4.39 Å². The Morgan fingerprint density at radius 1 is 1.03 bits per heavy atom. The molecule has 178 valence electrons. The minimum absolute atomic E-state index is 0.0911. The van der Waals surface area contributed by atoms with Crippen LogP contribution in [0.5, 0.6) is 0 Å². The van der Waals surface area contributed by atoms with Gasteiger partial charge in [0, 0.05) is 6.54 Å². The average molecular weight is 582 g/mol. The van der Waals surface area contributed by atoms with Crippen LogP contribution in [0, 0.1) is 0 Å². The van der Waals surface area contributed by atoms with Gasteiger partial charge in [-0.05, 0) is 24.3 Å². The lowest BCUT2D eigenvalue weighted by atomic mass is 10.1. The maximum absolute atomic E-state index is 15.6. The van der Waals surface area contributed by atoms with Crippen molar-refractivity contribution in [1.29, 1.82) is 0 Å². The highest BCUT2D eigenvalue weighted by Crippen LogP contribution is 2.31. The summed E-state index contributed by atoms with van der Waals surface area (Å²) in [7, 11) is 0. The number of nitrogens with zero attached hydrogens (tertiary/aromatic N) is 1. The summed E-state index contributed by atoms with van der Waals surface area (Å²) in [5.74, 6) is -1.94. The summed E-state index contributed by atoms with van der Waals surface area (Å²) < 4.78 is 31.4. The Morgan fingerprint density at radius 3 is 2.24 bits per heavy atom. The fourth-order valence-corrected chi connectivity index (χ4v) is 4.19. The van der Waals surface area contributed by atoms with Crippen LogP contribution in [-0.4, -0.2) is 70.5 Å². The van der Waals surface area contributed by atoms with E-state index in [9.17, 15) is 19.2 Å². The lowest BCUT2D eigenvalue weighted by molar-refractivity contribution is -0.123. The van der Waals surface area contributed by atoms with Crippen LogP contribution in [0.15, 0.2) is 60.7 Å². The molecule has 34 heavy (non-hydrogen) atoms. The molecule has 2 fully saturated rings. The van der Waals surface area contributed by atoms with Gasteiger partial charge in [-0.15, -0.1) is 0 Å². The normalized spacial score (nSPS) is 26.6. The average Bonchev–Trinajstić information content (AvgIpc) is 3.15. The maximum atomic E-state index is 15.6. The molecule has 2 heterocycles. The number of benzene rings is 2. The van der Waals surface area contributed by atoms with E-state index in [0.717, 1.165) is 4.90 Å². The first-order chi connectivity index (χ1) is 16.3. The number of urea groups is 1. The third-order valence-corrected chi connectivity index (χ3v) is 6.31. The van der Waals surface area contributed by atoms with E-state index in [4.69, 9.17) is 14.2 Å². The molecule has 0 bridgehead atoms. The number of ether oxygens (including phenoxy) is 3. The van der Waals surface area contributed by atoms with Gasteiger partial charge in [0.15, 0.2) is 18.5 Å². The van der Waals surface area contributed by atoms with Crippen molar-refractivity contribution in [2.45, 2.75) is 28.5 Å². The Balaban J connectivity index is 1.52. The molecule has 5 atom stereocenters. The first-order valence-corrected chi connectivity index (χ1v) is 11.6. The summed E-state index contributed by atoms with van der Waals surface area (Å²) in [6.45, 7) is -0.508. The summed E-state index contributed by atoms with van der Waals surface area (Å²) >= 11 is 1.83. The van der Waals surface area contributed by atoms with Gasteiger partial charge in [0.25, 0.3) is 0 Å². The summed E-state index contributed by atoms with van der Waals surface area (Å²) in [6.07, 6.45) is -6.03. The molecule has 0 aliphatic carbocycles. The Kier molecular flexibility index (Phi) is 7.41. The Labute approximate surface area is 207 Å². The molecule has 11 heteroatoms. The highest BCUT2D eigenvalue weighted by Gasteiger charge is 2.53. The second-order valence-corrected chi connectivity index (χ2v) is 9.13. The number of esters is 2. The van der Waals surface area contributed by atoms with Gasteiger partial charge in [0.1, 0.15) is 16.6 Å². The number of amides is 3. The summed E-state index contributed by atoms with van der Waals surface area (Å²) in [6, 6.07) is 15.4. The van der Waals surface area contributed by atoms with E-state index in [1.165, 1.54) is 12.1 Å². The summed E-state index contributed by atoms with van der Waals surface area (Å²) in [5, 5.41) is 2.15. The van der Waals surface area contributed by atoms with Crippen molar-refractivity contribution >= 4 is 46.5 Å². The van der Waals surface area contributed by atoms with Gasteiger partial charge >= 0.3 is 18.0 Å². The number of carbonyl (C=O) groups excluding carboxylic acids is 4. The highest BCUT2D eigenvalue weighted by atomic mass is 127. The lowest BCUT2D eigenvalue weighted by Gasteiger charge is -2.34. The third-order valence-electron chi connectivity index (χ3n) is 5.35. The standard InChI is InChI=1S/C23H20FIN2O7/c24-17-18(34-22(30)14-9-5-2-6-10-14)16(12-32-21(29)13-7-3-1-4-8-13)33-20(17)27-11-15(25)19(28)26-23(27)31/h1-10,15-18,20H,11-12H2,(H,26,28,31)/t15?,16-,17+,18-,20-/m1/s1. The first kappa shape index (κ1) is 24.1. The number of alkyl halides is 2. The number of rotatable bonds is 6. The molecule has 2 saturated heterocycles. The van der Waals surface area contributed by atoms with E-state index in [1.54, 1.807) is 48.5 Å². The molecular formula is C23H20FIN2O7. The van der Waals surface area contributed by atoms with Crippen LogP contribution in [0.1, 0.15) is 20.7 Å². The van der Waals surface area contributed by atoms with E-state index in [0.29, 0.717) is 0 Å². The van der Waals surface area contributed by atoms with Crippen molar-refractivity contribution in [1.82, 2.24) is 10.2 Å². The minimum atomic E-state index is -1.95. The molecule has 4 rings (SSSR count). The number of imide groups is 1. The second-order valence-electron chi connectivity index (χ2n) is 7.62. The molecule has 1 N–H and O–H groups in total. The molecule has 2 aliphatic rings. The monoisotopic (exact) mass is 582 g/mol. The molecule has 2 aromatic carbocycles. The molecule has 2 aliphatic heterocycles. The first-order valence-electron chi connectivity index (χ1n) is 10.4. The van der Waals surface area contributed by atoms with E-state index in [-0.39, 0.29) is 17.7 Å². The van der Waals surface area contributed by atoms with Crippen LogP contribution in [0.4, 0.5) is 9.18 Å². The maximum Gasteiger partial charge on any atom is 0.338 e. The van der Waals surface area contributed by atoms with E-state index in [1.807, 2.05) is 22.6 Å². The molecule has 0 saturated carbocycles. The van der Waals surface area contributed by atoms with Crippen molar-refractivity contribution in [3.8, 4) is 0 Å². The van der Waals surface area contributed by atoms with Crippen LogP contribution < -0.4 is 5.32 Å². The van der Waals surface area contributed by atoms with Crippen molar-refractivity contribution in [2.75, 3.05) is 13.2 Å². The van der Waals surface area contributed by atoms with Crippen molar-refractivity contribution < 1.29 is 37.8 Å². The number of hydrogen-bond acceptors (Lipinski definition) is 7. The Bertz CT molecular complexity index is 1070. The summed E-state index contributed by atoms with van der Waals surface area (Å²) in [4.78, 5) is 50.1. The number of carbonyl (C=O) groups is 4. The van der Waals surface area contributed by atoms with Crippen LogP contribution in [0.3, 0.4) is 0 Å². The fourth-order valence-electron chi connectivity index (χ4n) is 3.61. The van der Waals surface area contributed by atoms with Crippen LogP contribution in [0.2, 0.25) is 0 Å². The Morgan fingerprint density at radius 2 is 1.62 bits per heavy atom. The van der Waals surface area contributed by atoms with Gasteiger partial charge in [-0.3, -0.25) is 15.0 Å². The minimum Gasteiger partial charge on any atom is -0.459 e. The van der Waals surface area contributed by atoms with Crippen LogP contribution >= 0.6 is 22.6 Å². The third kappa shape index (κ3) is 5.20. The fraction of sp³-hybridized carbons (Fsp3) is 0.304. The molecule has 0 radical (unpaired) electrons. The Hall–Kier alpha value is -3.06. The van der Waals surface area contributed by atoms with Crippen molar-refractivity contribution in [3.63, 3.8) is 0 Å². The van der Waals surface area contributed by atoms with E-state index in [2.05, 4.69) is 5.32 Å². The van der Waals surface area contributed by atoms with Crippen molar-refractivity contribution in [2.24, 2.45) is 0 Å². The predicted octanol–water partition coefficient (Wildman–Crippen LogP) is 2.49. The lowest BCUT2D eigenvalue weighted by Crippen LogP contribution is -2.60.